The van der Waals surface area contributed by atoms with Gasteiger partial charge >= 0.3 is 0 Å². The lowest BCUT2D eigenvalue weighted by molar-refractivity contribution is -0.142. The number of H-pyrrole nitrogens is 1. The summed E-state index contributed by atoms with van der Waals surface area (Å²) < 4.78 is 0. The summed E-state index contributed by atoms with van der Waals surface area (Å²) in [5.74, 6) is 1.42. The molecule has 0 radical (unpaired) electrons. The van der Waals surface area contributed by atoms with Crippen LogP contribution in [0.15, 0.2) is 0 Å². The molecule has 1 saturated carbocycles. The minimum Gasteiger partial charge on any atom is -0.339 e. The Balaban J connectivity index is 1.83. The van der Waals surface area contributed by atoms with Crippen LogP contribution in [0.3, 0.4) is 0 Å². The summed E-state index contributed by atoms with van der Waals surface area (Å²) in [5.41, 5.74) is -0.496. The average Bonchev–Trinajstić information content (AvgIpc) is 2.97. The smallest absolute Gasteiger partial charge is 0.236 e. The molecule has 0 aromatic carbocycles. The maximum atomic E-state index is 12.9. The van der Waals surface area contributed by atoms with Gasteiger partial charge in [0.1, 0.15) is 5.41 Å². The van der Waals surface area contributed by atoms with Crippen molar-refractivity contribution in [3.63, 3.8) is 0 Å². The normalized spacial score (nSPS) is 29.3. The molecular formula is C13H21N5O. The predicted molar refractivity (Wildman–Crippen MR) is 69.3 cm³/mol. The summed E-state index contributed by atoms with van der Waals surface area (Å²) in [6, 6.07) is 0.335. The number of amides is 1. The van der Waals surface area contributed by atoms with Gasteiger partial charge in [0, 0.05) is 12.6 Å². The van der Waals surface area contributed by atoms with Crippen LogP contribution in [-0.4, -0.2) is 44.0 Å². The van der Waals surface area contributed by atoms with Gasteiger partial charge in [-0.15, -0.1) is 10.2 Å². The van der Waals surface area contributed by atoms with E-state index in [0.29, 0.717) is 17.8 Å². The molecule has 6 nitrogen and oxygen atoms in total. The maximum absolute atomic E-state index is 12.9. The van der Waals surface area contributed by atoms with E-state index < -0.39 is 5.41 Å². The van der Waals surface area contributed by atoms with Crippen molar-refractivity contribution in [1.82, 2.24) is 25.5 Å². The fourth-order valence-corrected chi connectivity index (χ4v) is 3.54. The van der Waals surface area contributed by atoms with Gasteiger partial charge in [0.2, 0.25) is 5.91 Å². The molecule has 0 spiro atoms. The first-order valence-corrected chi connectivity index (χ1v) is 7.24. The van der Waals surface area contributed by atoms with Crippen LogP contribution in [0.5, 0.6) is 0 Å². The van der Waals surface area contributed by atoms with Gasteiger partial charge in [0.25, 0.3) is 0 Å². The minimum atomic E-state index is -0.496. The van der Waals surface area contributed by atoms with E-state index in [-0.39, 0.29) is 5.91 Å². The van der Waals surface area contributed by atoms with Gasteiger partial charge < -0.3 is 4.90 Å². The zero-order valence-corrected chi connectivity index (χ0v) is 11.6. The Morgan fingerprint density at radius 3 is 2.79 bits per heavy atom. The summed E-state index contributed by atoms with van der Waals surface area (Å²) in [6.45, 7) is 5.24. The number of nitrogens with zero attached hydrogens (tertiary/aromatic N) is 4. The van der Waals surface area contributed by atoms with E-state index in [1.807, 2.05) is 4.90 Å². The van der Waals surface area contributed by atoms with Gasteiger partial charge in [-0.1, -0.05) is 25.0 Å². The Morgan fingerprint density at radius 1 is 1.53 bits per heavy atom. The lowest BCUT2D eigenvalue weighted by Crippen LogP contribution is -2.53. The van der Waals surface area contributed by atoms with E-state index in [9.17, 15) is 4.79 Å². The summed E-state index contributed by atoms with van der Waals surface area (Å²) in [4.78, 5) is 15.0. The molecule has 2 unspecified atom stereocenters. The number of hydrogen-bond donors (Lipinski definition) is 1. The van der Waals surface area contributed by atoms with Crippen molar-refractivity contribution < 1.29 is 4.79 Å². The van der Waals surface area contributed by atoms with Crippen molar-refractivity contribution in [2.24, 2.45) is 5.92 Å². The fraction of sp³-hybridized carbons (Fsp3) is 0.846. The van der Waals surface area contributed by atoms with Gasteiger partial charge in [0.05, 0.1) is 0 Å². The van der Waals surface area contributed by atoms with Crippen molar-refractivity contribution in [2.45, 2.75) is 57.4 Å². The monoisotopic (exact) mass is 263 g/mol. The highest BCUT2D eigenvalue weighted by Crippen LogP contribution is 2.45. The van der Waals surface area contributed by atoms with Crippen LogP contribution in [-0.2, 0) is 10.2 Å². The Bertz CT molecular complexity index is 454. The van der Waals surface area contributed by atoms with Crippen LogP contribution < -0.4 is 0 Å². The second-order valence-electron chi connectivity index (χ2n) is 5.87. The summed E-state index contributed by atoms with van der Waals surface area (Å²) in [7, 11) is 0. The van der Waals surface area contributed by atoms with Gasteiger partial charge in [-0.3, -0.25) is 4.79 Å². The largest absolute Gasteiger partial charge is 0.339 e. The highest BCUT2D eigenvalue weighted by Gasteiger charge is 2.52. The second kappa shape index (κ2) is 4.58. The Morgan fingerprint density at radius 2 is 2.32 bits per heavy atom. The molecule has 19 heavy (non-hydrogen) atoms. The molecule has 2 atom stereocenters. The zero-order valence-electron chi connectivity index (χ0n) is 11.6. The molecular weight excluding hydrogens is 242 g/mol. The lowest BCUT2D eigenvalue weighted by Gasteiger charge is -2.41. The van der Waals surface area contributed by atoms with Crippen LogP contribution in [0.4, 0.5) is 0 Å². The molecule has 6 heteroatoms. The summed E-state index contributed by atoms with van der Waals surface area (Å²) in [6.07, 6.45) is 5.03. The number of rotatable bonds is 3. The molecule has 1 N–H and O–H groups in total. The van der Waals surface area contributed by atoms with E-state index in [0.717, 1.165) is 38.6 Å². The molecule has 104 valence electrons. The van der Waals surface area contributed by atoms with Gasteiger partial charge in [-0.05, 0) is 32.1 Å². The number of tetrazole rings is 1. The van der Waals surface area contributed by atoms with Crippen LogP contribution in [0.1, 0.15) is 51.8 Å². The van der Waals surface area contributed by atoms with Crippen molar-refractivity contribution in [2.75, 3.05) is 6.54 Å². The molecule has 1 aliphatic heterocycles. The molecule has 1 saturated heterocycles. The quantitative estimate of drug-likeness (QED) is 0.891. The molecule has 3 rings (SSSR count). The highest BCUT2D eigenvalue weighted by molar-refractivity contribution is 5.88. The van der Waals surface area contributed by atoms with Gasteiger partial charge in [-0.2, -0.15) is 5.21 Å². The van der Waals surface area contributed by atoms with E-state index in [2.05, 4.69) is 34.5 Å². The number of carbonyl (C=O) groups excluding carboxylic acids is 1. The van der Waals surface area contributed by atoms with E-state index >= 15 is 0 Å². The first kappa shape index (κ1) is 12.6. The van der Waals surface area contributed by atoms with Crippen molar-refractivity contribution in [3.05, 3.63) is 5.82 Å². The van der Waals surface area contributed by atoms with Crippen LogP contribution in [0.2, 0.25) is 0 Å². The molecule has 2 heterocycles. The number of hydrogen-bond acceptors (Lipinski definition) is 4. The number of carbonyl (C=O) groups is 1. The standard InChI is InChI=1S/C13H21N5O/c1-3-10-5-8-18(9(10)2)12(19)13(6-4-7-13)11-14-16-17-15-11/h9-10H,3-8H2,1-2H3,(H,14,15,16,17). The lowest BCUT2D eigenvalue weighted by atomic mass is 9.67. The molecule has 0 bridgehead atoms. The molecule has 1 aromatic rings. The third-order valence-corrected chi connectivity index (χ3v) is 5.09. The van der Waals surface area contributed by atoms with Crippen LogP contribution in [0, 0.1) is 5.92 Å². The Kier molecular flexibility index (Phi) is 3.03. The molecule has 1 aliphatic carbocycles. The number of aromatic nitrogens is 4. The molecule has 2 aliphatic rings. The number of likely N-dealkylation sites (tertiary alicyclic amines) is 1. The average molecular weight is 263 g/mol. The highest BCUT2D eigenvalue weighted by atomic mass is 16.2. The van der Waals surface area contributed by atoms with E-state index in [1.54, 1.807) is 0 Å². The Labute approximate surface area is 112 Å². The van der Waals surface area contributed by atoms with Gasteiger partial charge in [0.15, 0.2) is 5.82 Å². The maximum Gasteiger partial charge on any atom is 0.236 e. The van der Waals surface area contributed by atoms with Crippen LogP contribution >= 0.6 is 0 Å². The summed E-state index contributed by atoms with van der Waals surface area (Å²) in [5, 5.41) is 14.2. The van der Waals surface area contributed by atoms with Crippen molar-refractivity contribution in [1.29, 1.82) is 0 Å². The predicted octanol–water partition coefficient (Wildman–Crippen LogP) is 1.27. The second-order valence-corrected chi connectivity index (χ2v) is 5.87. The van der Waals surface area contributed by atoms with Crippen molar-refractivity contribution in [3.8, 4) is 0 Å². The first-order valence-electron chi connectivity index (χ1n) is 7.24. The molecule has 1 aromatic heterocycles. The third kappa shape index (κ3) is 1.76. The Hall–Kier alpha value is -1.46. The first-order chi connectivity index (χ1) is 9.19. The van der Waals surface area contributed by atoms with Crippen molar-refractivity contribution >= 4 is 5.91 Å². The van der Waals surface area contributed by atoms with Crippen LogP contribution in [0.25, 0.3) is 0 Å². The zero-order chi connectivity index (χ0) is 13.5. The fourth-order valence-electron chi connectivity index (χ4n) is 3.54. The van der Waals surface area contributed by atoms with E-state index in [1.165, 1.54) is 0 Å². The molecule has 1 amide bonds. The molecule has 2 fully saturated rings. The SMILES string of the molecule is CCC1CCN(C(=O)C2(c3nn[nH]n3)CCC2)C1C. The third-order valence-electron chi connectivity index (χ3n) is 5.09. The number of nitrogens with one attached hydrogen (secondary N) is 1. The number of aromatic amines is 1. The van der Waals surface area contributed by atoms with E-state index in [4.69, 9.17) is 0 Å². The minimum absolute atomic E-state index is 0.212. The topological polar surface area (TPSA) is 74.8 Å². The van der Waals surface area contributed by atoms with Gasteiger partial charge in [-0.25, -0.2) is 0 Å². The summed E-state index contributed by atoms with van der Waals surface area (Å²) >= 11 is 0.